The maximum absolute atomic E-state index is 5.94. The topological polar surface area (TPSA) is 180 Å². The summed E-state index contributed by atoms with van der Waals surface area (Å²) in [6.45, 7) is 0.582. The molecule has 2 aliphatic rings. The van der Waals surface area contributed by atoms with Gasteiger partial charge in [-0.05, 0) is 91.0 Å². The van der Waals surface area contributed by atoms with Crippen LogP contribution in [0.25, 0.3) is 5.70 Å². The van der Waals surface area contributed by atoms with E-state index in [1.165, 1.54) is 12.7 Å². The Balaban J connectivity index is 1.10. The van der Waals surface area contributed by atoms with Crippen molar-refractivity contribution >= 4 is 57.1 Å². The summed E-state index contributed by atoms with van der Waals surface area (Å²) in [4.78, 5) is 22.6. The van der Waals surface area contributed by atoms with Gasteiger partial charge in [0.2, 0.25) is 18.5 Å². The molecule has 0 bridgehead atoms. The van der Waals surface area contributed by atoms with Crippen molar-refractivity contribution in [3.8, 4) is 0 Å². The van der Waals surface area contributed by atoms with E-state index in [2.05, 4.69) is 59.0 Å². The summed E-state index contributed by atoms with van der Waals surface area (Å²) in [5.74, 6) is 0.590. The number of likely N-dealkylation sites (N-methyl/N-ethyl adjacent to an activating group) is 2. The number of nitrogen functional groups attached to an aromatic ring is 2. The second-order valence-corrected chi connectivity index (χ2v) is 13.4. The summed E-state index contributed by atoms with van der Waals surface area (Å²) in [5.41, 5.74) is 21.1. The van der Waals surface area contributed by atoms with E-state index in [9.17, 15) is 0 Å². The summed E-state index contributed by atoms with van der Waals surface area (Å²) >= 11 is 0. The van der Waals surface area contributed by atoms with Crippen LogP contribution in [0.5, 0.6) is 0 Å². The van der Waals surface area contributed by atoms with Crippen molar-refractivity contribution in [1.82, 2.24) is 34.6 Å². The van der Waals surface area contributed by atoms with E-state index in [-0.39, 0.29) is 12.6 Å². The lowest BCUT2D eigenvalue weighted by Gasteiger charge is -2.27. The van der Waals surface area contributed by atoms with Gasteiger partial charge in [-0.3, -0.25) is 0 Å². The van der Waals surface area contributed by atoms with Crippen molar-refractivity contribution in [3.63, 3.8) is 0 Å². The second kappa shape index (κ2) is 15.8. The monoisotopic (exact) mass is 736 g/mol. The van der Waals surface area contributed by atoms with Gasteiger partial charge in [0.25, 0.3) is 0 Å². The van der Waals surface area contributed by atoms with Crippen LogP contribution in [0.3, 0.4) is 0 Å². The molecule has 0 saturated carbocycles. The number of nitrogens with zero attached hydrogens (tertiary/aromatic N) is 12. The van der Waals surface area contributed by atoms with Gasteiger partial charge < -0.3 is 46.6 Å². The molecule has 0 amide bonds. The van der Waals surface area contributed by atoms with E-state index >= 15 is 0 Å². The number of nitrogens with one attached hydrogen (secondary N) is 2. The third-order valence-corrected chi connectivity index (χ3v) is 9.24. The molecule has 2 atom stereocenters. The highest BCUT2D eigenvalue weighted by atomic mass is 15.5. The lowest BCUT2D eigenvalue weighted by Crippen LogP contribution is -2.35. The minimum Gasteiger partial charge on any atom is -0.399 e. The molecule has 2 aliphatic heterocycles. The van der Waals surface area contributed by atoms with Crippen LogP contribution in [0.15, 0.2) is 142 Å². The largest absolute Gasteiger partial charge is 0.399 e. The number of azo groups is 2. The van der Waals surface area contributed by atoms with Crippen LogP contribution in [-0.4, -0.2) is 88.9 Å². The first-order valence-corrected chi connectivity index (χ1v) is 17.6. The molecule has 1 aromatic heterocycles. The third-order valence-electron chi connectivity index (χ3n) is 9.24. The Morgan fingerprint density at radius 2 is 1.18 bits per heavy atom. The molecule has 0 saturated heterocycles. The minimum absolute atomic E-state index is 0.352. The summed E-state index contributed by atoms with van der Waals surface area (Å²) in [6.07, 6.45) is 6.35. The molecule has 7 rings (SSSR count). The SMILES string of the molecule is CN(CC1=CN(C)[C@@H](N=Nc2ccc(Nc3ccc(N)cc3)cc2C2=CN(C)[C@@H](N=Nc3ccc(Nc4ccc(N)cc4)cc3)N2C)N1C)c1ncncn1. The van der Waals surface area contributed by atoms with Crippen molar-refractivity contribution in [2.75, 3.05) is 68.8 Å². The molecular formula is C39H44N16. The zero-order valence-electron chi connectivity index (χ0n) is 31.4. The number of rotatable bonds is 12. The highest BCUT2D eigenvalue weighted by molar-refractivity contribution is 5.79. The van der Waals surface area contributed by atoms with Crippen LogP contribution in [0, 0.1) is 0 Å². The minimum atomic E-state index is -0.388. The first-order valence-electron chi connectivity index (χ1n) is 17.6. The standard InChI is InChI=1S/C39H44N16/c1-51(37-43-24-42-25-44-37)21-33-22-52(2)38(54(33)4)50-48-35-19-18-32(46-29-12-8-27(41)9-13-29)20-34(35)36-23-53(3)39(55(36)5)49-47-31-16-14-30(15-17-31)45-28-10-6-26(40)7-11-28/h6-20,22-25,38-39,45-46H,21,40-41H2,1-5H3/t38-,39-/m1/s1. The van der Waals surface area contributed by atoms with Crippen LogP contribution < -0.4 is 27.0 Å². The molecule has 0 fully saturated rings. The molecule has 3 heterocycles. The smallest absolute Gasteiger partial charge is 0.228 e. The Bertz CT molecular complexity index is 2200. The Morgan fingerprint density at radius 3 is 1.82 bits per heavy atom. The van der Waals surface area contributed by atoms with Crippen LogP contribution in [0.4, 0.5) is 51.4 Å². The van der Waals surface area contributed by atoms with Gasteiger partial charge >= 0.3 is 0 Å². The number of nitrogens with two attached hydrogens (primary N) is 2. The first kappa shape index (κ1) is 36.1. The average Bonchev–Trinajstić information content (AvgIpc) is 3.63. The molecule has 16 nitrogen and oxygen atoms in total. The van der Waals surface area contributed by atoms with Crippen LogP contribution >= 0.6 is 0 Å². The van der Waals surface area contributed by atoms with Gasteiger partial charge in [0.05, 0.1) is 29.3 Å². The maximum Gasteiger partial charge on any atom is 0.228 e. The lowest BCUT2D eigenvalue weighted by molar-refractivity contribution is 0.196. The lowest BCUT2D eigenvalue weighted by atomic mass is 10.1. The molecule has 16 heteroatoms. The van der Waals surface area contributed by atoms with Gasteiger partial charge in [0.1, 0.15) is 12.7 Å². The molecule has 280 valence electrons. The van der Waals surface area contributed by atoms with Crippen LogP contribution in [-0.2, 0) is 0 Å². The van der Waals surface area contributed by atoms with E-state index in [1.807, 2.05) is 135 Å². The van der Waals surface area contributed by atoms with Gasteiger partial charge in [-0.1, -0.05) is 0 Å². The molecule has 0 spiro atoms. The molecule has 0 aliphatic carbocycles. The van der Waals surface area contributed by atoms with Gasteiger partial charge in [-0.2, -0.15) is 10.2 Å². The number of aromatic nitrogens is 3. The van der Waals surface area contributed by atoms with E-state index < -0.39 is 0 Å². The predicted octanol–water partition coefficient (Wildman–Crippen LogP) is 6.99. The summed E-state index contributed by atoms with van der Waals surface area (Å²) < 4.78 is 0. The Kier molecular flexibility index (Phi) is 10.4. The Morgan fingerprint density at radius 1 is 0.655 bits per heavy atom. The Hall–Kier alpha value is -7.23. The number of benzene rings is 4. The molecule has 0 radical (unpaired) electrons. The number of hydrogen-bond donors (Lipinski definition) is 4. The fourth-order valence-electron chi connectivity index (χ4n) is 6.25. The highest BCUT2D eigenvalue weighted by Crippen LogP contribution is 2.38. The highest BCUT2D eigenvalue weighted by Gasteiger charge is 2.31. The molecular weight excluding hydrogens is 693 g/mol. The molecule has 0 unspecified atom stereocenters. The Labute approximate surface area is 320 Å². The summed E-state index contributed by atoms with van der Waals surface area (Å²) in [5, 5.41) is 25.9. The number of hydrogen-bond acceptors (Lipinski definition) is 16. The summed E-state index contributed by atoms with van der Waals surface area (Å²) in [6, 6.07) is 29.1. The van der Waals surface area contributed by atoms with Crippen molar-refractivity contribution in [3.05, 3.63) is 127 Å². The van der Waals surface area contributed by atoms with E-state index in [0.717, 1.165) is 51.1 Å². The van der Waals surface area contributed by atoms with Crippen LogP contribution in [0.1, 0.15) is 5.56 Å². The molecule has 4 aromatic carbocycles. The fraction of sp³-hybridized carbons (Fsp3) is 0.205. The van der Waals surface area contributed by atoms with Crippen molar-refractivity contribution in [2.45, 2.75) is 12.6 Å². The van der Waals surface area contributed by atoms with Gasteiger partial charge in [-0.15, -0.1) is 10.2 Å². The predicted molar refractivity (Wildman–Crippen MR) is 218 cm³/mol. The normalized spacial score (nSPS) is 17.0. The van der Waals surface area contributed by atoms with Crippen molar-refractivity contribution in [1.29, 1.82) is 0 Å². The summed E-state index contributed by atoms with van der Waals surface area (Å²) in [7, 11) is 9.91. The zero-order valence-corrected chi connectivity index (χ0v) is 31.4. The van der Waals surface area contributed by atoms with Crippen molar-refractivity contribution in [2.24, 2.45) is 20.5 Å². The molecule has 6 N–H and O–H groups in total. The maximum atomic E-state index is 5.94. The van der Waals surface area contributed by atoms with Crippen LogP contribution in [0.2, 0.25) is 0 Å². The second-order valence-electron chi connectivity index (χ2n) is 13.4. The van der Waals surface area contributed by atoms with Gasteiger partial charge in [0.15, 0.2) is 0 Å². The fourth-order valence-corrected chi connectivity index (χ4v) is 6.25. The average molecular weight is 737 g/mol. The molecule has 5 aromatic rings. The first-order chi connectivity index (χ1) is 26.6. The van der Waals surface area contributed by atoms with E-state index in [4.69, 9.17) is 26.8 Å². The number of anilines is 7. The van der Waals surface area contributed by atoms with E-state index in [0.29, 0.717) is 23.9 Å². The molecule has 55 heavy (non-hydrogen) atoms. The van der Waals surface area contributed by atoms with Gasteiger partial charge in [0, 0.05) is 87.3 Å². The van der Waals surface area contributed by atoms with Gasteiger partial charge in [-0.25, -0.2) is 15.0 Å². The van der Waals surface area contributed by atoms with Crippen molar-refractivity contribution < 1.29 is 0 Å². The third kappa shape index (κ3) is 8.38. The quantitative estimate of drug-likeness (QED) is 0.0763. The van der Waals surface area contributed by atoms with E-state index in [1.54, 1.807) is 0 Å². The zero-order chi connectivity index (χ0) is 38.5.